The molecule has 1 aliphatic rings. The molecule has 1 aromatic rings. The van der Waals surface area contributed by atoms with E-state index in [1.807, 2.05) is 0 Å². The topological polar surface area (TPSA) is 29.3 Å². The van der Waals surface area contributed by atoms with Crippen molar-refractivity contribution in [3.8, 4) is 0 Å². The number of anilines is 1. The molecule has 2 heteroatoms. The number of piperidine rings is 1. The predicted molar refractivity (Wildman–Crippen MR) is 93.0 cm³/mol. The van der Waals surface area contributed by atoms with Crippen LogP contribution in [0.3, 0.4) is 0 Å². The Bertz CT molecular complexity index is 439. The van der Waals surface area contributed by atoms with Crippen LogP contribution in [-0.2, 0) is 6.42 Å². The Labute approximate surface area is 130 Å². The maximum Gasteiger partial charge on any atom is 0.0371 e. The Morgan fingerprint density at radius 3 is 2.76 bits per heavy atom. The molecule has 0 radical (unpaired) electrons. The first-order valence-corrected chi connectivity index (χ1v) is 8.77. The van der Waals surface area contributed by atoms with E-state index in [0.29, 0.717) is 0 Å². The van der Waals surface area contributed by atoms with Crippen molar-refractivity contribution in [2.24, 2.45) is 5.73 Å². The molecule has 2 N–H and O–H groups in total. The molecule has 118 valence electrons. The zero-order valence-corrected chi connectivity index (χ0v) is 14.1. The second kappa shape index (κ2) is 7.84. The SMILES string of the molecule is CCCC1CCCCN1c1ccc(CC(N)CC)c(C)c1. The number of hydrogen-bond donors (Lipinski definition) is 1. The first-order chi connectivity index (χ1) is 10.2. The highest BCUT2D eigenvalue weighted by atomic mass is 15.2. The van der Waals surface area contributed by atoms with Gasteiger partial charge in [0.25, 0.3) is 0 Å². The van der Waals surface area contributed by atoms with Crippen molar-refractivity contribution >= 4 is 5.69 Å². The largest absolute Gasteiger partial charge is 0.369 e. The summed E-state index contributed by atoms with van der Waals surface area (Å²) in [6.45, 7) is 7.92. The highest BCUT2D eigenvalue weighted by Crippen LogP contribution is 2.29. The van der Waals surface area contributed by atoms with Gasteiger partial charge >= 0.3 is 0 Å². The van der Waals surface area contributed by atoms with Gasteiger partial charge in [0, 0.05) is 24.3 Å². The summed E-state index contributed by atoms with van der Waals surface area (Å²) in [4.78, 5) is 2.64. The van der Waals surface area contributed by atoms with Gasteiger partial charge in [-0.15, -0.1) is 0 Å². The fraction of sp³-hybridized carbons (Fsp3) is 0.684. The minimum absolute atomic E-state index is 0.289. The summed E-state index contributed by atoms with van der Waals surface area (Å²) in [7, 11) is 0. The Morgan fingerprint density at radius 2 is 2.10 bits per heavy atom. The van der Waals surface area contributed by atoms with Gasteiger partial charge in [-0.3, -0.25) is 0 Å². The summed E-state index contributed by atoms with van der Waals surface area (Å²) >= 11 is 0. The molecule has 0 spiro atoms. The Kier molecular flexibility index (Phi) is 6.10. The van der Waals surface area contributed by atoms with Gasteiger partial charge in [-0.2, -0.15) is 0 Å². The van der Waals surface area contributed by atoms with E-state index >= 15 is 0 Å². The zero-order chi connectivity index (χ0) is 15.2. The Hall–Kier alpha value is -1.02. The van der Waals surface area contributed by atoms with Crippen molar-refractivity contribution in [1.29, 1.82) is 0 Å². The summed E-state index contributed by atoms with van der Waals surface area (Å²) in [5, 5.41) is 0. The van der Waals surface area contributed by atoms with Crippen molar-refractivity contribution in [3.63, 3.8) is 0 Å². The number of hydrogen-bond acceptors (Lipinski definition) is 2. The number of benzene rings is 1. The summed E-state index contributed by atoms with van der Waals surface area (Å²) in [5.74, 6) is 0. The van der Waals surface area contributed by atoms with Crippen molar-refractivity contribution < 1.29 is 0 Å². The van der Waals surface area contributed by atoms with Crippen LogP contribution in [0.1, 0.15) is 63.5 Å². The molecule has 2 unspecified atom stereocenters. The first-order valence-electron chi connectivity index (χ1n) is 8.77. The molecule has 1 aliphatic heterocycles. The molecule has 1 saturated heterocycles. The number of nitrogens with zero attached hydrogens (tertiary/aromatic N) is 1. The van der Waals surface area contributed by atoms with Crippen LogP contribution in [-0.4, -0.2) is 18.6 Å². The highest BCUT2D eigenvalue weighted by Gasteiger charge is 2.22. The van der Waals surface area contributed by atoms with Gasteiger partial charge < -0.3 is 10.6 Å². The van der Waals surface area contributed by atoms with E-state index in [1.165, 1.54) is 55.5 Å². The molecule has 0 bridgehead atoms. The zero-order valence-electron chi connectivity index (χ0n) is 14.1. The van der Waals surface area contributed by atoms with Crippen LogP contribution in [0.5, 0.6) is 0 Å². The molecule has 0 amide bonds. The molecule has 0 saturated carbocycles. The number of aryl methyl sites for hydroxylation is 1. The van der Waals surface area contributed by atoms with Crippen molar-refractivity contribution in [1.82, 2.24) is 0 Å². The second-order valence-corrected chi connectivity index (χ2v) is 6.61. The number of rotatable bonds is 6. The van der Waals surface area contributed by atoms with E-state index in [1.54, 1.807) is 0 Å². The van der Waals surface area contributed by atoms with Gasteiger partial charge in [0.15, 0.2) is 0 Å². The molecule has 1 heterocycles. The minimum Gasteiger partial charge on any atom is -0.369 e. The van der Waals surface area contributed by atoms with Gasteiger partial charge in [0.05, 0.1) is 0 Å². The highest BCUT2D eigenvalue weighted by molar-refractivity contribution is 5.52. The maximum atomic E-state index is 6.11. The van der Waals surface area contributed by atoms with Crippen molar-refractivity contribution in [2.75, 3.05) is 11.4 Å². The van der Waals surface area contributed by atoms with E-state index < -0.39 is 0 Å². The smallest absolute Gasteiger partial charge is 0.0371 e. The Balaban J connectivity index is 2.14. The third-order valence-corrected chi connectivity index (χ3v) is 4.91. The van der Waals surface area contributed by atoms with E-state index in [-0.39, 0.29) is 6.04 Å². The molecular weight excluding hydrogens is 256 g/mol. The lowest BCUT2D eigenvalue weighted by Gasteiger charge is -2.38. The summed E-state index contributed by atoms with van der Waals surface area (Å²) in [5.41, 5.74) is 10.3. The molecule has 0 aromatic heterocycles. The lowest BCUT2D eigenvalue weighted by molar-refractivity contribution is 0.434. The molecule has 1 aromatic carbocycles. The molecule has 0 aliphatic carbocycles. The molecular formula is C19H32N2. The molecule has 21 heavy (non-hydrogen) atoms. The molecule has 2 rings (SSSR count). The van der Waals surface area contributed by atoms with Crippen molar-refractivity contribution in [3.05, 3.63) is 29.3 Å². The average Bonchev–Trinajstić information content (AvgIpc) is 2.50. The van der Waals surface area contributed by atoms with Crippen LogP contribution < -0.4 is 10.6 Å². The van der Waals surface area contributed by atoms with Crippen LogP contribution in [0.2, 0.25) is 0 Å². The van der Waals surface area contributed by atoms with Gasteiger partial charge in [-0.1, -0.05) is 26.3 Å². The maximum absolute atomic E-state index is 6.11. The van der Waals surface area contributed by atoms with E-state index in [9.17, 15) is 0 Å². The van der Waals surface area contributed by atoms with Crippen LogP contribution in [0.4, 0.5) is 5.69 Å². The predicted octanol–water partition coefficient (Wildman–Crippen LogP) is 4.43. The fourth-order valence-electron chi connectivity index (χ4n) is 3.49. The minimum atomic E-state index is 0.289. The molecule has 1 fully saturated rings. The van der Waals surface area contributed by atoms with Crippen molar-refractivity contribution in [2.45, 2.75) is 77.8 Å². The molecule has 2 nitrogen and oxygen atoms in total. The first kappa shape index (κ1) is 16.4. The van der Waals surface area contributed by atoms with Gasteiger partial charge in [0.2, 0.25) is 0 Å². The third kappa shape index (κ3) is 4.23. The Morgan fingerprint density at radius 1 is 1.29 bits per heavy atom. The normalized spacial score (nSPS) is 20.6. The quantitative estimate of drug-likeness (QED) is 0.839. The van der Waals surface area contributed by atoms with Crippen LogP contribution in [0.25, 0.3) is 0 Å². The lowest BCUT2D eigenvalue weighted by atomic mass is 9.95. The van der Waals surface area contributed by atoms with E-state index in [0.717, 1.165) is 18.9 Å². The molecule has 2 atom stereocenters. The van der Waals surface area contributed by atoms with Crippen LogP contribution in [0.15, 0.2) is 18.2 Å². The van der Waals surface area contributed by atoms with E-state index in [4.69, 9.17) is 5.73 Å². The second-order valence-electron chi connectivity index (χ2n) is 6.61. The third-order valence-electron chi connectivity index (χ3n) is 4.91. The monoisotopic (exact) mass is 288 g/mol. The fourth-order valence-corrected chi connectivity index (χ4v) is 3.49. The summed E-state index contributed by atoms with van der Waals surface area (Å²) < 4.78 is 0. The number of nitrogens with two attached hydrogens (primary N) is 1. The lowest BCUT2D eigenvalue weighted by Crippen LogP contribution is -2.39. The average molecular weight is 288 g/mol. The standard InChI is InChI=1S/C19H32N2/c1-4-8-18-9-6-7-12-21(18)19-11-10-16(15(3)13-19)14-17(20)5-2/h10-11,13,17-18H,4-9,12,14,20H2,1-3H3. The van der Waals surface area contributed by atoms with Gasteiger partial charge in [-0.25, -0.2) is 0 Å². The summed E-state index contributed by atoms with van der Waals surface area (Å²) in [6.07, 6.45) is 8.73. The van der Waals surface area contributed by atoms with Crippen LogP contribution in [0, 0.1) is 6.92 Å². The van der Waals surface area contributed by atoms with Crippen LogP contribution >= 0.6 is 0 Å². The van der Waals surface area contributed by atoms with Gasteiger partial charge in [0.1, 0.15) is 0 Å². The summed E-state index contributed by atoms with van der Waals surface area (Å²) in [6, 6.07) is 8.03. The van der Waals surface area contributed by atoms with E-state index in [2.05, 4.69) is 43.9 Å². The van der Waals surface area contributed by atoms with Gasteiger partial charge in [-0.05, 0) is 68.7 Å².